The van der Waals surface area contributed by atoms with E-state index in [1.165, 1.54) is 89.9 Å². The summed E-state index contributed by atoms with van der Waals surface area (Å²) in [6.45, 7) is 4.23. The maximum Gasteiger partial charge on any atom is 0.316 e. The SMILES string of the molecule is CCCCCCCCCCCCCCCCSC(CC)C(=O)O. The first-order valence-electron chi connectivity index (χ1n) is 10.1. The lowest BCUT2D eigenvalue weighted by molar-refractivity contribution is -0.136. The Kier molecular flexibility index (Phi) is 18.0. The van der Waals surface area contributed by atoms with Crippen LogP contribution in [0.5, 0.6) is 0 Å². The normalized spacial score (nSPS) is 12.4. The molecule has 0 rings (SSSR count). The molecule has 0 aliphatic rings. The molecule has 0 bridgehead atoms. The van der Waals surface area contributed by atoms with Crippen LogP contribution in [0.15, 0.2) is 0 Å². The molecule has 0 spiro atoms. The second-order valence-corrected chi connectivity index (χ2v) is 8.01. The summed E-state index contributed by atoms with van der Waals surface area (Å²) in [7, 11) is 0. The molecule has 0 aromatic rings. The predicted octanol–water partition coefficient (Wildman–Crippen LogP) is 7.06. The molecule has 0 aliphatic heterocycles. The summed E-state index contributed by atoms with van der Waals surface area (Å²) in [4.78, 5) is 10.9. The molecule has 0 fully saturated rings. The Labute approximate surface area is 149 Å². The molecule has 0 radical (unpaired) electrons. The Morgan fingerprint density at radius 1 is 0.739 bits per heavy atom. The molecule has 3 heteroatoms. The molecule has 0 aromatic carbocycles. The number of carboxylic acids is 1. The molecule has 138 valence electrons. The number of hydrogen-bond donors (Lipinski definition) is 1. The monoisotopic (exact) mass is 344 g/mol. The number of unbranched alkanes of at least 4 members (excludes halogenated alkanes) is 13. The van der Waals surface area contributed by atoms with E-state index >= 15 is 0 Å². The minimum atomic E-state index is -0.650. The van der Waals surface area contributed by atoms with E-state index in [4.69, 9.17) is 5.11 Å². The van der Waals surface area contributed by atoms with Gasteiger partial charge in [-0.2, -0.15) is 0 Å². The van der Waals surface area contributed by atoms with Crippen LogP contribution in [0.4, 0.5) is 0 Å². The van der Waals surface area contributed by atoms with Crippen molar-refractivity contribution >= 4 is 17.7 Å². The lowest BCUT2D eigenvalue weighted by Gasteiger charge is -2.08. The first-order chi connectivity index (χ1) is 11.2. The maximum atomic E-state index is 10.9. The molecular weight excluding hydrogens is 304 g/mol. The molecule has 0 aromatic heterocycles. The van der Waals surface area contributed by atoms with Gasteiger partial charge >= 0.3 is 5.97 Å². The van der Waals surface area contributed by atoms with Crippen LogP contribution in [0, 0.1) is 0 Å². The number of aliphatic carboxylic acids is 1. The molecule has 2 nitrogen and oxygen atoms in total. The van der Waals surface area contributed by atoms with Gasteiger partial charge in [-0.15, -0.1) is 11.8 Å². The number of carbonyl (C=O) groups is 1. The van der Waals surface area contributed by atoms with E-state index in [0.29, 0.717) is 0 Å². The third kappa shape index (κ3) is 16.5. The van der Waals surface area contributed by atoms with Crippen molar-refractivity contribution in [2.75, 3.05) is 5.75 Å². The molecule has 0 aliphatic carbocycles. The van der Waals surface area contributed by atoms with Crippen molar-refractivity contribution in [3.63, 3.8) is 0 Å². The average Bonchev–Trinajstić information content (AvgIpc) is 2.54. The zero-order valence-corrected chi connectivity index (χ0v) is 16.5. The number of rotatable bonds is 18. The van der Waals surface area contributed by atoms with E-state index < -0.39 is 5.97 Å². The molecule has 1 N–H and O–H groups in total. The molecule has 1 atom stereocenters. The first-order valence-corrected chi connectivity index (χ1v) is 11.1. The van der Waals surface area contributed by atoms with Crippen molar-refractivity contribution in [3.8, 4) is 0 Å². The Hall–Kier alpha value is -0.180. The highest BCUT2D eigenvalue weighted by Gasteiger charge is 2.14. The van der Waals surface area contributed by atoms with Crippen molar-refractivity contribution in [2.24, 2.45) is 0 Å². The van der Waals surface area contributed by atoms with Crippen LogP contribution in [-0.4, -0.2) is 22.1 Å². The van der Waals surface area contributed by atoms with Gasteiger partial charge in [-0.1, -0.05) is 97.3 Å². The Bertz CT molecular complexity index is 256. The lowest BCUT2D eigenvalue weighted by Crippen LogP contribution is -2.15. The van der Waals surface area contributed by atoms with Crippen LogP contribution in [-0.2, 0) is 4.79 Å². The quantitative estimate of drug-likeness (QED) is 0.270. The highest BCUT2D eigenvalue weighted by Crippen LogP contribution is 2.18. The predicted molar refractivity (Wildman–Crippen MR) is 104 cm³/mol. The third-order valence-electron chi connectivity index (χ3n) is 4.46. The second-order valence-electron chi connectivity index (χ2n) is 6.70. The van der Waals surface area contributed by atoms with E-state index in [-0.39, 0.29) is 5.25 Å². The lowest BCUT2D eigenvalue weighted by atomic mass is 10.0. The van der Waals surface area contributed by atoms with E-state index in [9.17, 15) is 4.79 Å². The first kappa shape index (κ1) is 22.8. The minimum Gasteiger partial charge on any atom is -0.480 e. The van der Waals surface area contributed by atoms with Crippen molar-refractivity contribution in [3.05, 3.63) is 0 Å². The molecule has 0 heterocycles. The van der Waals surface area contributed by atoms with Crippen molar-refractivity contribution in [1.82, 2.24) is 0 Å². The Morgan fingerprint density at radius 3 is 1.48 bits per heavy atom. The van der Waals surface area contributed by atoms with Gasteiger partial charge in [0.25, 0.3) is 0 Å². The molecule has 0 saturated heterocycles. The fourth-order valence-electron chi connectivity index (χ4n) is 2.89. The van der Waals surface area contributed by atoms with Crippen LogP contribution >= 0.6 is 11.8 Å². The summed E-state index contributed by atoms with van der Waals surface area (Å²) in [5, 5.41) is 8.77. The molecule has 0 saturated carbocycles. The van der Waals surface area contributed by atoms with Gasteiger partial charge in [0.2, 0.25) is 0 Å². The summed E-state index contributed by atoms with van der Waals surface area (Å²) in [5.41, 5.74) is 0. The highest BCUT2D eigenvalue weighted by atomic mass is 32.2. The molecular formula is C20H40O2S. The largest absolute Gasteiger partial charge is 0.480 e. The fraction of sp³-hybridized carbons (Fsp3) is 0.950. The highest BCUT2D eigenvalue weighted by molar-refractivity contribution is 8.00. The summed E-state index contributed by atoms with van der Waals surface area (Å²) >= 11 is 1.61. The summed E-state index contributed by atoms with van der Waals surface area (Å²) in [6, 6.07) is 0. The number of hydrogen-bond acceptors (Lipinski definition) is 2. The van der Waals surface area contributed by atoms with Gasteiger partial charge in [0.15, 0.2) is 0 Å². The number of thioether (sulfide) groups is 1. The van der Waals surface area contributed by atoms with Gasteiger partial charge < -0.3 is 5.11 Å². The van der Waals surface area contributed by atoms with Gasteiger partial charge in [-0.25, -0.2) is 0 Å². The zero-order chi connectivity index (χ0) is 17.2. The van der Waals surface area contributed by atoms with Crippen LogP contribution in [0.3, 0.4) is 0 Å². The molecule has 1 unspecified atom stereocenters. The Balaban J connectivity index is 3.12. The van der Waals surface area contributed by atoms with Gasteiger partial charge in [0.1, 0.15) is 5.25 Å². The van der Waals surface area contributed by atoms with E-state index in [1.54, 1.807) is 11.8 Å². The Morgan fingerprint density at radius 2 is 1.13 bits per heavy atom. The van der Waals surface area contributed by atoms with Gasteiger partial charge in [0.05, 0.1) is 0 Å². The van der Waals surface area contributed by atoms with Gasteiger partial charge in [0, 0.05) is 0 Å². The van der Waals surface area contributed by atoms with Gasteiger partial charge in [-0.05, 0) is 18.6 Å². The zero-order valence-electron chi connectivity index (χ0n) is 15.7. The molecule has 0 amide bonds. The van der Waals surface area contributed by atoms with Crippen molar-refractivity contribution in [2.45, 2.75) is 115 Å². The van der Waals surface area contributed by atoms with Crippen molar-refractivity contribution in [1.29, 1.82) is 0 Å². The molecule has 23 heavy (non-hydrogen) atoms. The topological polar surface area (TPSA) is 37.3 Å². The second kappa shape index (κ2) is 18.2. The van der Waals surface area contributed by atoms with E-state index in [0.717, 1.165) is 12.2 Å². The smallest absolute Gasteiger partial charge is 0.316 e. The average molecular weight is 345 g/mol. The van der Waals surface area contributed by atoms with Crippen LogP contribution in [0.1, 0.15) is 110 Å². The van der Waals surface area contributed by atoms with Crippen LogP contribution in [0.2, 0.25) is 0 Å². The van der Waals surface area contributed by atoms with E-state index in [2.05, 4.69) is 6.92 Å². The third-order valence-corrected chi connectivity index (χ3v) is 5.92. The summed E-state index contributed by atoms with van der Waals surface area (Å²) in [6.07, 6.45) is 20.0. The van der Waals surface area contributed by atoms with Crippen LogP contribution in [0.25, 0.3) is 0 Å². The minimum absolute atomic E-state index is 0.197. The fourth-order valence-corrected chi connectivity index (χ4v) is 3.92. The van der Waals surface area contributed by atoms with E-state index in [1.807, 2.05) is 6.92 Å². The van der Waals surface area contributed by atoms with Gasteiger partial charge in [-0.3, -0.25) is 4.79 Å². The maximum absolute atomic E-state index is 10.9. The summed E-state index contributed by atoms with van der Waals surface area (Å²) in [5.74, 6) is 0.353. The summed E-state index contributed by atoms with van der Waals surface area (Å²) < 4.78 is 0. The standard InChI is InChI=1S/C20H40O2S/c1-3-5-6-7-8-9-10-11-12-13-14-15-16-17-18-23-19(4-2)20(21)22/h19H,3-18H2,1-2H3,(H,21,22). The number of carboxylic acid groups (broad SMARTS) is 1. The van der Waals surface area contributed by atoms with Crippen LogP contribution < -0.4 is 0 Å². The van der Waals surface area contributed by atoms with Crippen molar-refractivity contribution < 1.29 is 9.90 Å².